The number of halogens is 2. The summed E-state index contributed by atoms with van der Waals surface area (Å²) >= 11 is 6.32. The molecule has 6 rings (SSSR count). The smallest absolute Gasteiger partial charge is 0.309 e. The molecule has 1 aromatic carbocycles. The van der Waals surface area contributed by atoms with E-state index in [4.69, 9.17) is 16.6 Å². The van der Waals surface area contributed by atoms with Gasteiger partial charge in [0.1, 0.15) is 23.8 Å². The van der Waals surface area contributed by atoms with E-state index in [1.807, 2.05) is 19.9 Å². The van der Waals surface area contributed by atoms with Crippen LogP contribution in [0.1, 0.15) is 64.0 Å². The Hall–Kier alpha value is -2.98. The number of benzene rings is 1. The van der Waals surface area contributed by atoms with Crippen molar-refractivity contribution in [3.63, 3.8) is 0 Å². The number of aliphatic carboxylic acids is 1. The highest BCUT2D eigenvalue weighted by atomic mass is 35.5. The molecule has 2 N–H and O–H groups in total. The number of hydrogen-bond donors (Lipinski definition) is 2. The summed E-state index contributed by atoms with van der Waals surface area (Å²) in [7, 11) is 0. The van der Waals surface area contributed by atoms with E-state index in [0.29, 0.717) is 28.7 Å². The Morgan fingerprint density at radius 2 is 1.95 bits per heavy atom. The SMILES string of the molecule is C[C@@H](Nc1cc(N2CCC([C@H]3CCCN(C4CC(C)(C(=O)O)C4)C3)CC2)nc2ncnn12)c1ccc(F)cc1Cl. The predicted molar refractivity (Wildman–Crippen MR) is 152 cm³/mol. The zero-order valence-electron chi connectivity index (χ0n) is 23.1. The number of carboxylic acids is 1. The highest BCUT2D eigenvalue weighted by molar-refractivity contribution is 6.31. The van der Waals surface area contributed by atoms with Crippen molar-refractivity contribution in [2.75, 3.05) is 36.4 Å². The number of carboxylic acid groups (broad SMARTS) is 1. The van der Waals surface area contributed by atoms with Crippen molar-refractivity contribution in [1.82, 2.24) is 24.5 Å². The quantitative estimate of drug-likeness (QED) is 0.397. The molecule has 3 fully saturated rings. The van der Waals surface area contributed by atoms with Gasteiger partial charge in [0.25, 0.3) is 5.78 Å². The highest BCUT2D eigenvalue weighted by Gasteiger charge is 2.49. The van der Waals surface area contributed by atoms with Crippen LogP contribution in [0.25, 0.3) is 5.78 Å². The fourth-order valence-electron chi connectivity index (χ4n) is 6.99. The average Bonchev–Trinajstić information content (AvgIpc) is 3.40. The van der Waals surface area contributed by atoms with Crippen LogP contribution in [0.5, 0.6) is 0 Å². The lowest BCUT2D eigenvalue weighted by molar-refractivity contribution is -0.158. The Morgan fingerprint density at radius 3 is 2.67 bits per heavy atom. The molecule has 3 aliphatic rings. The van der Waals surface area contributed by atoms with Gasteiger partial charge in [-0.25, -0.2) is 4.39 Å². The fourth-order valence-corrected chi connectivity index (χ4v) is 7.32. The van der Waals surface area contributed by atoms with E-state index in [2.05, 4.69) is 25.2 Å². The zero-order chi connectivity index (χ0) is 28.0. The molecule has 0 unspecified atom stereocenters. The van der Waals surface area contributed by atoms with Crippen molar-refractivity contribution >= 4 is 35.0 Å². The molecular weight excluding hydrogens is 533 g/mol. The normalized spacial score (nSPS) is 26.9. The van der Waals surface area contributed by atoms with Crippen molar-refractivity contribution in [1.29, 1.82) is 0 Å². The Balaban J connectivity index is 1.10. The Bertz CT molecular complexity index is 1390. The Kier molecular flexibility index (Phi) is 7.33. The summed E-state index contributed by atoms with van der Waals surface area (Å²) in [5.41, 5.74) is 0.254. The van der Waals surface area contributed by atoms with E-state index in [-0.39, 0.29) is 11.9 Å². The highest BCUT2D eigenvalue weighted by Crippen LogP contribution is 2.45. The number of carbonyl (C=O) groups is 1. The van der Waals surface area contributed by atoms with Crippen LogP contribution in [0.3, 0.4) is 0 Å². The first kappa shape index (κ1) is 27.2. The summed E-state index contributed by atoms with van der Waals surface area (Å²) in [6.07, 6.45) is 7.71. The van der Waals surface area contributed by atoms with Crippen LogP contribution in [0.4, 0.5) is 16.0 Å². The largest absolute Gasteiger partial charge is 0.481 e. The van der Waals surface area contributed by atoms with Crippen molar-refractivity contribution in [3.05, 3.63) is 47.0 Å². The summed E-state index contributed by atoms with van der Waals surface area (Å²) < 4.78 is 15.3. The minimum atomic E-state index is -0.658. The third-order valence-corrected chi connectivity index (χ3v) is 9.78. The monoisotopic (exact) mass is 569 g/mol. The van der Waals surface area contributed by atoms with Crippen molar-refractivity contribution in [2.24, 2.45) is 17.3 Å². The van der Waals surface area contributed by atoms with E-state index in [1.165, 1.54) is 31.3 Å². The molecule has 0 radical (unpaired) electrons. The second-order valence-corrected chi connectivity index (χ2v) is 12.6. The van der Waals surface area contributed by atoms with Gasteiger partial charge in [0.05, 0.1) is 11.5 Å². The maximum absolute atomic E-state index is 13.6. The van der Waals surface area contributed by atoms with Crippen LogP contribution in [-0.2, 0) is 4.79 Å². The van der Waals surface area contributed by atoms with Gasteiger partial charge < -0.3 is 20.2 Å². The Morgan fingerprint density at radius 1 is 1.18 bits per heavy atom. The molecule has 0 amide bonds. The number of nitrogens with one attached hydrogen (secondary N) is 1. The van der Waals surface area contributed by atoms with E-state index in [0.717, 1.165) is 69.1 Å². The van der Waals surface area contributed by atoms with Crippen molar-refractivity contribution in [3.8, 4) is 0 Å². The topological polar surface area (TPSA) is 98.9 Å². The molecule has 0 bridgehead atoms. The number of anilines is 2. The molecule has 1 aliphatic carbocycles. The van der Waals surface area contributed by atoms with Gasteiger partial charge in [-0.2, -0.15) is 19.6 Å². The van der Waals surface area contributed by atoms with Crippen LogP contribution in [0, 0.1) is 23.1 Å². The number of piperidine rings is 2. The molecule has 9 nitrogen and oxygen atoms in total. The van der Waals surface area contributed by atoms with Crippen molar-refractivity contribution < 1.29 is 14.3 Å². The molecule has 2 saturated heterocycles. The number of rotatable bonds is 7. The number of nitrogens with zero attached hydrogens (tertiary/aromatic N) is 6. The van der Waals surface area contributed by atoms with Crippen LogP contribution in [-0.4, -0.2) is 67.8 Å². The van der Waals surface area contributed by atoms with Gasteiger partial charge in [-0.05, 0) is 88.4 Å². The van der Waals surface area contributed by atoms with Crippen LogP contribution < -0.4 is 10.2 Å². The summed E-state index contributed by atoms with van der Waals surface area (Å²) in [6, 6.07) is 6.68. The second kappa shape index (κ2) is 10.8. The summed E-state index contributed by atoms with van der Waals surface area (Å²) in [5, 5.41) is 17.7. The first-order valence-corrected chi connectivity index (χ1v) is 14.7. The van der Waals surface area contributed by atoms with Crippen LogP contribution in [0.15, 0.2) is 30.6 Å². The van der Waals surface area contributed by atoms with E-state index < -0.39 is 11.4 Å². The summed E-state index contributed by atoms with van der Waals surface area (Å²) in [4.78, 5) is 25.6. The second-order valence-electron chi connectivity index (χ2n) is 12.2. The minimum Gasteiger partial charge on any atom is -0.481 e. The summed E-state index contributed by atoms with van der Waals surface area (Å²) in [5.74, 6) is 2.46. The third-order valence-electron chi connectivity index (χ3n) is 9.46. The zero-order valence-corrected chi connectivity index (χ0v) is 23.8. The van der Waals surface area contributed by atoms with E-state index in [9.17, 15) is 14.3 Å². The molecule has 2 aromatic heterocycles. The fraction of sp³-hybridized carbons (Fsp3) is 0.586. The van der Waals surface area contributed by atoms with Gasteiger partial charge in [-0.3, -0.25) is 4.79 Å². The van der Waals surface area contributed by atoms with E-state index in [1.54, 1.807) is 10.6 Å². The molecule has 40 heavy (non-hydrogen) atoms. The first-order valence-electron chi connectivity index (χ1n) is 14.3. The lowest BCUT2D eigenvalue weighted by Gasteiger charge is -2.51. The number of fused-ring (bicyclic) bond motifs is 1. The van der Waals surface area contributed by atoms with E-state index >= 15 is 0 Å². The van der Waals surface area contributed by atoms with Gasteiger partial charge >= 0.3 is 5.97 Å². The molecule has 11 heteroatoms. The van der Waals surface area contributed by atoms with Gasteiger partial charge in [0.2, 0.25) is 0 Å². The maximum atomic E-state index is 13.6. The van der Waals surface area contributed by atoms with Gasteiger partial charge in [0.15, 0.2) is 0 Å². The average molecular weight is 570 g/mol. The molecule has 1 saturated carbocycles. The van der Waals surface area contributed by atoms with Gasteiger partial charge in [-0.1, -0.05) is 17.7 Å². The molecular formula is C29H37ClFN7O2. The van der Waals surface area contributed by atoms with Crippen LogP contribution >= 0.6 is 11.6 Å². The molecule has 2 atom stereocenters. The Labute approximate surface area is 238 Å². The number of aromatic nitrogens is 4. The maximum Gasteiger partial charge on any atom is 0.309 e. The molecule has 0 spiro atoms. The predicted octanol–water partition coefficient (Wildman–Crippen LogP) is 5.27. The number of hydrogen-bond acceptors (Lipinski definition) is 7. The minimum absolute atomic E-state index is 0.181. The van der Waals surface area contributed by atoms with Gasteiger partial charge in [-0.15, -0.1) is 0 Å². The first-order chi connectivity index (χ1) is 19.2. The molecule has 2 aliphatic heterocycles. The molecule has 214 valence electrons. The van der Waals surface area contributed by atoms with Crippen molar-refractivity contribution in [2.45, 2.75) is 64.5 Å². The number of likely N-dealkylation sites (tertiary alicyclic amines) is 1. The lowest BCUT2D eigenvalue weighted by atomic mass is 9.65. The van der Waals surface area contributed by atoms with Crippen LogP contribution in [0.2, 0.25) is 5.02 Å². The lowest BCUT2D eigenvalue weighted by Crippen LogP contribution is -2.56. The summed E-state index contributed by atoms with van der Waals surface area (Å²) in [6.45, 7) is 7.90. The molecule has 3 aromatic rings. The standard InChI is InChI=1S/C29H37ClFN7O2/c1-18(23-6-5-21(31)12-24(23)30)34-26-13-25(35-28-32-17-33-38(26)28)36-10-7-19(8-11-36)20-4-3-9-37(16-20)22-14-29(2,15-22)27(39)40/h5-6,12-13,17-20,22,34H,3-4,7-11,14-16H2,1-2H3,(H,39,40)/t18-,20+,22?,29?/m1/s1. The van der Waals surface area contributed by atoms with Gasteiger partial charge in [0, 0.05) is 36.8 Å². The molecule has 4 heterocycles. The third kappa shape index (κ3) is 5.23.